The van der Waals surface area contributed by atoms with Crippen LogP contribution in [0.2, 0.25) is 0 Å². The smallest absolute Gasteiger partial charge is 0.189 e. The average Bonchev–Trinajstić information content (AvgIpc) is 2.53. The molecule has 0 amide bonds. The molecule has 0 radical (unpaired) electrons. The predicted molar refractivity (Wildman–Crippen MR) is 79.3 cm³/mol. The maximum Gasteiger partial charge on any atom is 0.189 e. The van der Waals surface area contributed by atoms with Gasteiger partial charge in [-0.25, -0.2) is 4.39 Å². The van der Waals surface area contributed by atoms with Crippen LogP contribution in [-0.4, -0.2) is 20.0 Å². The summed E-state index contributed by atoms with van der Waals surface area (Å²) in [4.78, 5) is 12.2. The number of ether oxygens (including phenoxy) is 2. The second-order valence-electron chi connectivity index (χ2n) is 4.32. The van der Waals surface area contributed by atoms with Crippen molar-refractivity contribution in [2.24, 2.45) is 0 Å². The molecule has 0 atom stereocenters. The Balaban J connectivity index is 2.22. The first-order chi connectivity index (χ1) is 10.1. The van der Waals surface area contributed by atoms with Gasteiger partial charge < -0.3 is 9.47 Å². The van der Waals surface area contributed by atoms with Crippen LogP contribution in [0.4, 0.5) is 4.39 Å². The van der Waals surface area contributed by atoms with E-state index in [1.807, 2.05) is 0 Å². The molecule has 0 heterocycles. The molecule has 0 aliphatic heterocycles. The molecule has 4 heteroatoms. The lowest BCUT2D eigenvalue weighted by Gasteiger charge is -2.07. The van der Waals surface area contributed by atoms with Gasteiger partial charge in [0.25, 0.3) is 0 Å². The highest BCUT2D eigenvalue weighted by atomic mass is 19.1. The minimum atomic E-state index is -0.310. The van der Waals surface area contributed by atoms with Crippen molar-refractivity contribution < 1.29 is 18.7 Å². The fraction of sp³-hybridized carbons (Fsp3) is 0.118. The molecule has 0 N–H and O–H groups in total. The molecule has 0 saturated carbocycles. The van der Waals surface area contributed by atoms with E-state index in [0.717, 1.165) is 5.56 Å². The van der Waals surface area contributed by atoms with Crippen molar-refractivity contribution in [1.82, 2.24) is 0 Å². The minimum Gasteiger partial charge on any atom is -0.497 e. The normalized spacial score (nSPS) is 10.6. The molecule has 108 valence electrons. The molecular formula is C17H15FO3. The van der Waals surface area contributed by atoms with E-state index < -0.39 is 0 Å². The van der Waals surface area contributed by atoms with Crippen molar-refractivity contribution in [3.05, 3.63) is 65.5 Å². The van der Waals surface area contributed by atoms with E-state index in [9.17, 15) is 9.18 Å². The maximum atomic E-state index is 12.8. The van der Waals surface area contributed by atoms with Crippen LogP contribution in [-0.2, 0) is 0 Å². The molecule has 0 bridgehead atoms. The molecule has 2 rings (SSSR count). The van der Waals surface area contributed by atoms with Crippen molar-refractivity contribution in [1.29, 1.82) is 0 Å². The van der Waals surface area contributed by atoms with E-state index in [1.165, 1.54) is 25.3 Å². The zero-order valence-electron chi connectivity index (χ0n) is 11.8. The average molecular weight is 286 g/mol. The second kappa shape index (κ2) is 6.70. The van der Waals surface area contributed by atoms with Gasteiger partial charge in [0.1, 0.15) is 17.3 Å². The first-order valence-corrected chi connectivity index (χ1v) is 6.34. The molecule has 0 aromatic heterocycles. The number of hydrogen-bond donors (Lipinski definition) is 0. The Hall–Kier alpha value is -2.62. The lowest BCUT2D eigenvalue weighted by Crippen LogP contribution is -1.99. The third-order valence-electron chi connectivity index (χ3n) is 2.97. The van der Waals surface area contributed by atoms with Crippen LogP contribution in [0, 0.1) is 5.82 Å². The van der Waals surface area contributed by atoms with Crippen LogP contribution in [0.1, 0.15) is 15.9 Å². The highest BCUT2D eigenvalue weighted by molar-refractivity contribution is 6.08. The summed E-state index contributed by atoms with van der Waals surface area (Å²) in [6, 6.07) is 10.9. The fourth-order valence-electron chi connectivity index (χ4n) is 1.84. The second-order valence-corrected chi connectivity index (χ2v) is 4.32. The van der Waals surface area contributed by atoms with E-state index in [4.69, 9.17) is 9.47 Å². The zero-order valence-corrected chi connectivity index (χ0v) is 11.8. The SMILES string of the molecule is COc1ccc(C(=O)C=Cc2ccc(F)cc2)c(OC)c1. The summed E-state index contributed by atoms with van der Waals surface area (Å²) in [7, 11) is 3.04. The molecule has 3 nitrogen and oxygen atoms in total. The van der Waals surface area contributed by atoms with Gasteiger partial charge in [-0.1, -0.05) is 18.2 Å². The van der Waals surface area contributed by atoms with Crippen molar-refractivity contribution in [3.63, 3.8) is 0 Å². The highest BCUT2D eigenvalue weighted by Gasteiger charge is 2.10. The van der Waals surface area contributed by atoms with Crippen molar-refractivity contribution in [2.75, 3.05) is 14.2 Å². The third kappa shape index (κ3) is 3.69. The molecule has 0 fully saturated rings. The summed E-state index contributed by atoms with van der Waals surface area (Å²) < 4.78 is 23.1. The summed E-state index contributed by atoms with van der Waals surface area (Å²) in [6.07, 6.45) is 3.06. The number of carbonyl (C=O) groups is 1. The first kappa shape index (κ1) is 14.8. The number of allylic oxidation sites excluding steroid dienone is 1. The number of halogens is 1. The van der Waals surface area contributed by atoms with Gasteiger partial charge in [0, 0.05) is 6.07 Å². The molecule has 2 aromatic carbocycles. The number of rotatable bonds is 5. The zero-order chi connectivity index (χ0) is 15.2. The van der Waals surface area contributed by atoms with E-state index >= 15 is 0 Å². The minimum absolute atomic E-state index is 0.196. The van der Waals surface area contributed by atoms with Gasteiger partial charge in [-0.05, 0) is 35.9 Å². The van der Waals surface area contributed by atoms with Crippen LogP contribution < -0.4 is 9.47 Å². The molecule has 0 aliphatic carbocycles. The standard InChI is InChI=1S/C17H15FO3/c1-20-14-8-9-15(17(11-14)21-2)16(19)10-5-12-3-6-13(18)7-4-12/h3-11H,1-2H3. The van der Waals surface area contributed by atoms with E-state index in [-0.39, 0.29) is 11.6 Å². The van der Waals surface area contributed by atoms with Gasteiger partial charge in [-0.2, -0.15) is 0 Å². The van der Waals surface area contributed by atoms with Gasteiger partial charge in [0.2, 0.25) is 0 Å². The summed E-state index contributed by atoms with van der Waals surface area (Å²) in [5, 5.41) is 0. The van der Waals surface area contributed by atoms with Gasteiger partial charge in [0.05, 0.1) is 19.8 Å². The number of methoxy groups -OCH3 is 2. The Kier molecular flexibility index (Phi) is 4.72. The molecule has 0 aliphatic rings. The Labute approximate surface area is 122 Å². The number of ketones is 1. The van der Waals surface area contributed by atoms with E-state index in [1.54, 1.807) is 43.5 Å². The molecule has 0 saturated heterocycles. The third-order valence-corrected chi connectivity index (χ3v) is 2.97. The molecule has 21 heavy (non-hydrogen) atoms. The number of benzene rings is 2. The van der Waals surface area contributed by atoms with E-state index in [0.29, 0.717) is 17.1 Å². The Morgan fingerprint density at radius 3 is 2.38 bits per heavy atom. The monoisotopic (exact) mass is 286 g/mol. The molecular weight excluding hydrogens is 271 g/mol. The van der Waals surface area contributed by atoms with E-state index in [2.05, 4.69) is 0 Å². The fourth-order valence-corrected chi connectivity index (χ4v) is 1.84. The van der Waals surface area contributed by atoms with Gasteiger partial charge in [-0.3, -0.25) is 4.79 Å². The largest absolute Gasteiger partial charge is 0.497 e. The van der Waals surface area contributed by atoms with Crippen molar-refractivity contribution in [2.45, 2.75) is 0 Å². The van der Waals surface area contributed by atoms with Gasteiger partial charge >= 0.3 is 0 Å². The lowest BCUT2D eigenvalue weighted by molar-refractivity contribution is 0.104. The number of hydrogen-bond acceptors (Lipinski definition) is 3. The quantitative estimate of drug-likeness (QED) is 0.620. The summed E-state index contributed by atoms with van der Waals surface area (Å²) in [5.41, 5.74) is 1.19. The Morgan fingerprint density at radius 1 is 1.05 bits per heavy atom. The summed E-state index contributed by atoms with van der Waals surface area (Å²) >= 11 is 0. The predicted octanol–water partition coefficient (Wildman–Crippen LogP) is 3.74. The Bertz CT molecular complexity index is 660. The molecule has 0 spiro atoms. The maximum absolute atomic E-state index is 12.8. The van der Waals surface area contributed by atoms with Crippen LogP contribution in [0.5, 0.6) is 11.5 Å². The van der Waals surface area contributed by atoms with Crippen LogP contribution in [0.25, 0.3) is 6.08 Å². The molecule has 2 aromatic rings. The van der Waals surface area contributed by atoms with Gasteiger partial charge in [-0.15, -0.1) is 0 Å². The van der Waals surface area contributed by atoms with Gasteiger partial charge in [0.15, 0.2) is 5.78 Å². The van der Waals surface area contributed by atoms with Crippen LogP contribution in [0.3, 0.4) is 0 Å². The van der Waals surface area contributed by atoms with Crippen molar-refractivity contribution >= 4 is 11.9 Å². The Morgan fingerprint density at radius 2 is 1.76 bits per heavy atom. The summed E-state index contributed by atoms with van der Waals surface area (Å²) in [5.74, 6) is 0.558. The lowest BCUT2D eigenvalue weighted by atomic mass is 10.1. The molecule has 0 unspecified atom stereocenters. The van der Waals surface area contributed by atoms with Crippen LogP contribution in [0.15, 0.2) is 48.5 Å². The first-order valence-electron chi connectivity index (χ1n) is 6.34. The van der Waals surface area contributed by atoms with Crippen LogP contribution >= 0.6 is 0 Å². The topological polar surface area (TPSA) is 35.5 Å². The number of carbonyl (C=O) groups excluding carboxylic acids is 1. The van der Waals surface area contributed by atoms with Crippen molar-refractivity contribution in [3.8, 4) is 11.5 Å². The highest BCUT2D eigenvalue weighted by Crippen LogP contribution is 2.25. The summed E-state index contributed by atoms with van der Waals surface area (Å²) in [6.45, 7) is 0.